The Labute approximate surface area is 96.5 Å². The standard InChI is InChI=1S/C9H10ClN3O3/c10-7-4-2-1-3-6(7)8(5-13(15)16)12-9(11)14/h1-4,8H,5H2,(H3,11,12,14)/t8-/m0/s1. The van der Waals surface area contributed by atoms with Crippen molar-refractivity contribution in [2.45, 2.75) is 6.04 Å². The van der Waals surface area contributed by atoms with Gasteiger partial charge in [-0.15, -0.1) is 0 Å². The minimum Gasteiger partial charge on any atom is -0.352 e. The van der Waals surface area contributed by atoms with Gasteiger partial charge in [0.15, 0.2) is 0 Å². The van der Waals surface area contributed by atoms with Gasteiger partial charge in [-0.1, -0.05) is 29.8 Å². The summed E-state index contributed by atoms with van der Waals surface area (Å²) >= 11 is 5.87. The topological polar surface area (TPSA) is 98.3 Å². The van der Waals surface area contributed by atoms with Gasteiger partial charge in [0.25, 0.3) is 0 Å². The van der Waals surface area contributed by atoms with Crippen LogP contribution in [0.4, 0.5) is 4.79 Å². The Balaban J connectivity index is 2.96. The van der Waals surface area contributed by atoms with Gasteiger partial charge in [0.1, 0.15) is 6.04 Å². The van der Waals surface area contributed by atoms with E-state index in [-0.39, 0.29) is 0 Å². The van der Waals surface area contributed by atoms with E-state index in [4.69, 9.17) is 17.3 Å². The van der Waals surface area contributed by atoms with E-state index in [0.717, 1.165) is 0 Å². The number of nitrogens with one attached hydrogen (secondary N) is 1. The van der Waals surface area contributed by atoms with Crippen molar-refractivity contribution in [3.63, 3.8) is 0 Å². The number of benzene rings is 1. The summed E-state index contributed by atoms with van der Waals surface area (Å²) in [6, 6.07) is 4.92. The molecule has 1 aromatic rings. The fourth-order valence-electron chi connectivity index (χ4n) is 1.30. The number of rotatable bonds is 4. The van der Waals surface area contributed by atoms with E-state index in [9.17, 15) is 14.9 Å². The van der Waals surface area contributed by atoms with Crippen molar-refractivity contribution >= 4 is 17.6 Å². The summed E-state index contributed by atoms with van der Waals surface area (Å²) in [5, 5.41) is 13.1. The van der Waals surface area contributed by atoms with E-state index in [0.29, 0.717) is 10.6 Å². The number of hydrogen-bond donors (Lipinski definition) is 2. The van der Waals surface area contributed by atoms with Crippen molar-refractivity contribution < 1.29 is 9.72 Å². The van der Waals surface area contributed by atoms with Crippen LogP contribution >= 0.6 is 11.6 Å². The molecule has 86 valence electrons. The van der Waals surface area contributed by atoms with Gasteiger partial charge in [0.2, 0.25) is 6.54 Å². The summed E-state index contributed by atoms with van der Waals surface area (Å²) in [5.74, 6) is 0. The molecule has 0 aliphatic carbocycles. The number of primary amides is 1. The van der Waals surface area contributed by atoms with E-state index in [1.165, 1.54) is 0 Å². The molecule has 6 nitrogen and oxygen atoms in total. The molecule has 0 saturated carbocycles. The minimum atomic E-state index is -0.827. The molecule has 0 bridgehead atoms. The van der Waals surface area contributed by atoms with Crippen LogP contribution in [0.3, 0.4) is 0 Å². The number of nitrogens with zero attached hydrogens (tertiary/aromatic N) is 1. The molecule has 1 rings (SSSR count). The maximum absolute atomic E-state index is 10.7. The second-order valence-electron chi connectivity index (χ2n) is 3.10. The Kier molecular flexibility index (Phi) is 4.07. The van der Waals surface area contributed by atoms with Crippen molar-refractivity contribution in [3.05, 3.63) is 45.0 Å². The highest BCUT2D eigenvalue weighted by Gasteiger charge is 2.21. The summed E-state index contributed by atoms with van der Waals surface area (Å²) in [4.78, 5) is 20.6. The number of nitrogens with two attached hydrogens (primary N) is 1. The maximum atomic E-state index is 10.7. The van der Waals surface area contributed by atoms with Crippen molar-refractivity contribution in [2.24, 2.45) is 5.73 Å². The Bertz CT molecular complexity index is 395. The molecule has 1 aromatic carbocycles. The number of carbonyl (C=O) groups is 1. The Morgan fingerprint density at radius 2 is 2.19 bits per heavy atom. The Morgan fingerprint density at radius 1 is 1.56 bits per heavy atom. The third-order valence-corrected chi connectivity index (χ3v) is 2.27. The summed E-state index contributed by atoms with van der Waals surface area (Å²) < 4.78 is 0. The maximum Gasteiger partial charge on any atom is 0.312 e. The molecule has 2 amide bonds. The monoisotopic (exact) mass is 243 g/mol. The first-order valence-corrected chi connectivity index (χ1v) is 4.80. The lowest BCUT2D eigenvalue weighted by molar-refractivity contribution is -0.484. The van der Waals surface area contributed by atoms with Crippen LogP contribution in [-0.4, -0.2) is 17.5 Å². The summed E-state index contributed by atoms with van der Waals surface area (Å²) in [5.41, 5.74) is 5.41. The zero-order valence-electron chi connectivity index (χ0n) is 8.22. The Morgan fingerprint density at radius 3 is 2.69 bits per heavy atom. The molecule has 0 aromatic heterocycles. The Hall–Kier alpha value is -1.82. The largest absolute Gasteiger partial charge is 0.352 e. The molecule has 16 heavy (non-hydrogen) atoms. The average Bonchev–Trinajstić information content (AvgIpc) is 2.15. The van der Waals surface area contributed by atoms with Crippen molar-refractivity contribution in [3.8, 4) is 0 Å². The van der Waals surface area contributed by atoms with Crippen LogP contribution < -0.4 is 11.1 Å². The molecule has 0 unspecified atom stereocenters. The fourth-order valence-corrected chi connectivity index (χ4v) is 1.57. The van der Waals surface area contributed by atoms with E-state index < -0.39 is 23.5 Å². The van der Waals surface area contributed by atoms with Gasteiger partial charge < -0.3 is 11.1 Å². The highest BCUT2D eigenvalue weighted by atomic mass is 35.5. The van der Waals surface area contributed by atoms with E-state index in [1.807, 2.05) is 0 Å². The number of halogens is 1. The second kappa shape index (κ2) is 5.32. The van der Waals surface area contributed by atoms with Crippen molar-refractivity contribution in [1.82, 2.24) is 5.32 Å². The first-order valence-electron chi connectivity index (χ1n) is 4.43. The molecule has 0 heterocycles. The van der Waals surface area contributed by atoms with E-state index in [2.05, 4.69) is 5.32 Å². The molecule has 7 heteroatoms. The smallest absolute Gasteiger partial charge is 0.312 e. The average molecular weight is 244 g/mol. The summed E-state index contributed by atoms with van der Waals surface area (Å²) in [6.45, 7) is -0.466. The first kappa shape index (κ1) is 12.3. The normalized spacial score (nSPS) is 11.8. The highest BCUT2D eigenvalue weighted by Crippen LogP contribution is 2.22. The molecular formula is C9H10ClN3O3. The van der Waals surface area contributed by atoms with Crippen LogP contribution in [0.25, 0.3) is 0 Å². The predicted molar refractivity (Wildman–Crippen MR) is 58.8 cm³/mol. The van der Waals surface area contributed by atoms with Gasteiger partial charge in [0, 0.05) is 9.95 Å². The minimum absolute atomic E-state index is 0.350. The third-order valence-electron chi connectivity index (χ3n) is 1.93. The number of urea groups is 1. The molecule has 0 fully saturated rings. The molecule has 0 aliphatic rings. The fraction of sp³-hybridized carbons (Fsp3) is 0.222. The SMILES string of the molecule is NC(=O)N[C@@H](C[N+](=O)[O-])c1ccccc1Cl. The van der Waals surface area contributed by atoms with Crippen LogP contribution in [0.15, 0.2) is 24.3 Å². The lowest BCUT2D eigenvalue weighted by Crippen LogP contribution is -2.36. The number of hydrogen-bond acceptors (Lipinski definition) is 3. The van der Waals surface area contributed by atoms with Gasteiger partial charge in [-0.05, 0) is 11.6 Å². The third kappa shape index (κ3) is 3.39. The highest BCUT2D eigenvalue weighted by molar-refractivity contribution is 6.31. The van der Waals surface area contributed by atoms with Crippen molar-refractivity contribution in [1.29, 1.82) is 0 Å². The molecule has 0 aliphatic heterocycles. The summed E-state index contributed by atoms with van der Waals surface area (Å²) in [6.07, 6.45) is 0. The van der Waals surface area contributed by atoms with Gasteiger partial charge in [-0.25, -0.2) is 4.79 Å². The van der Waals surface area contributed by atoms with E-state index in [1.54, 1.807) is 24.3 Å². The first-order chi connectivity index (χ1) is 7.50. The van der Waals surface area contributed by atoms with Crippen LogP contribution in [0.5, 0.6) is 0 Å². The zero-order chi connectivity index (χ0) is 12.1. The molecule has 3 N–H and O–H groups in total. The lowest BCUT2D eigenvalue weighted by atomic mass is 10.1. The molecular weight excluding hydrogens is 234 g/mol. The van der Waals surface area contributed by atoms with Crippen molar-refractivity contribution in [2.75, 3.05) is 6.54 Å². The quantitative estimate of drug-likeness (QED) is 0.616. The van der Waals surface area contributed by atoms with Crippen LogP contribution in [-0.2, 0) is 0 Å². The number of nitro groups is 1. The van der Waals surface area contributed by atoms with E-state index >= 15 is 0 Å². The number of amides is 2. The summed E-state index contributed by atoms with van der Waals surface area (Å²) in [7, 11) is 0. The molecule has 1 atom stereocenters. The molecule has 0 saturated heterocycles. The van der Waals surface area contributed by atoms with Gasteiger partial charge in [-0.3, -0.25) is 10.1 Å². The predicted octanol–water partition coefficient (Wildman–Crippen LogP) is 1.33. The van der Waals surface area contributed by atoms with Crippen LogP contribution in [0.2, 0.25) is 5.02 Å². The second-order valence-corrected chi connectivity index (χ2v) is 3.51. The molecule has 0 spiro atoms. The van der Waals surface area contributed by atoms with Gasteiger partial charge in [0.05, 0.1) is 0 Å². The number of carbonyl (C=O) groups excluding carboxylic acids is 1. The lowest BCUT2D eigenvalue weighted by Gasteiger charge is -2.14. The van der Waals surface area contributed by atoms with Crippen LogP contribution in [0, 0.1) is 10.1 Å². The van der Waals surface area contributed by atoms with Crippen LogP contribution in [0.1, 0.15) is 11.6 Å². The van der Waals surface area contributed by atoms with Gasteiger partial charge in [-0.2, -0.15) is 0 Å². The zero-order valence-corrected chi connectivity index (χ0v) is 8.98. The molecule has 0 radical (unpaired) electrons. The van der Waals surface area contributed by atoms with Gasteiger partial charge >= 0.3 is 6.03 Å².